The monoisotopic (exact) mass is 270 g/mol. The molecule has 0 radical (unpaired) electrons. The zero-order valence-corrected chi connectivity index (χ0v) is 12.0. The van der Waals surface area contributed by atoms with E-state index in [0.717, 1.165) is 12.8 Å². The van der Waals surface area contributed by atoms with Gasteiger partial charge in [-0.1, -0.05) is 84.9 Å². The van der Waals surface area contributed by atoms with Crippen LogP contribution in [0, 0.1) is 0 Å². The van der Waals surface area contributed by atoms with Crippen molar-refractivity contribution in [1.82, 2.24) is 0 Å². The molecule has 1 aliphatic rings. The molecule has 0 amide bonds. The largest absolute Gasteiger partial charge is 0.0622 e. The van der Waals surface area contributed by atoms with Crippen molar-refractivity contribution in [3.05, 3.63) is 107 Å². The number of hydrogen-bond acceptors (Lipinski definition) is 0. The average molecular weight is 270 g/mol. The Hall–Kier alpha value is -2.34. The van der Waals surface area contributed by atoms with Crippen LogP contribution < -0.4 is 0 Å². The highest BCUT2D eigenvalue weighted by Crippen LogP contribution is 2.48. The second-order valence-electron chi connectivity index (χ2n) is 5.79. The van der Waals surface area contributed by atoms with Crippen LogP contribution in [0.3, 0.4) is 0 Å². The van der Waals surface area contributed by atoms with Gasteiger partial charge in [-0.25, -0.2) is 0 Å². The van der Waals surface area contributed by atoms with Crippen LogP contribution in [0.1, 0.15) is 28.7 Å². The lowest BCUT2D eigenvalue weighted by molar-refractivity contribution is 0.610. The van der Waals surface area contributed by atoms with Crippen molar-refractivity contribution >= 4 is 0 Å². The lowest BCUT2D eigenvalue weighted by atomic mass is 9.70. The van der Waals surface area contributed by atoms with E-state index >= 15 is 0 Å². The first-order valence-corrected chi connectivity index (χ1v) is 7.61. The van der Waals surface area contributed by atoms with E-state index in [9.17, 15) is 0 Å². The first-order chi connectivity index (χ1) is 10.4. The summed E-state index contributed by atoms with van der Waals surface area (Å²) in [5.74, 6) is 0. The van der Waals surface area contributed by atoms with Crippen molar-refractivity contribution in [2.45, 2.75) is 18.3 Å². The van der Waals surface area contributed by atoms with E-state index in [1.807, 2.05) is 0 Å². The Labute approximate surface area is 126 Å². The second kappa shape index (κ2) is 4.89. The third kappa shape index (κ3) is 1.83. The zero-order chi connectivity index (χ0) is 14.1. The molecule has 0 fully saturated rings. The van der Waals surface area contributed by atoms with Gasteiger partial charge >= 0.3 is 0 Å². The van der Waals surface area contributed by atoms with Gasteiger partial charge in [0.05, 0.1) is 0 Å². The molecule has 0 aliphatic heterocycles. The molecule has 0 atom stereocenters. The van der Waals surface area contributed by atoms with Gasteiger partial charge in [0.15, 0.2) is 0 Å². The quantitative estimate of drug-likeness (QED) is 0.617. The Morgan fingerprint density at radius 1 is 0.571 bits per heavy atom. The normalized spacial score (nSPS) is 15.6. The highest BCUT2D eigenvalue weighted by molar-refractivity contribution is 5.56. The Bertz CT molecular complexity index is 702. The van der Waals surface area contributed by atoms with Gasteiger partial charge in [0.1, 0.15) is 0 Å². The van der Waals surface area contributed by atoms with Crippen molar-refractivity contribution in [1.29, 1.82) is 0 Å². The van der Waals surface area contributed by atoms with Gasteiger partial charge in [-0.3, -0.25) is 0 Å². The molecule has 0 heterocycles. The number of benzene rings is 3. The summed E-state index contributed by atoms with van der Waals surface area (Å²) >= 11 is 0. The van der Waals surface area contributed by atoms with E-state index < -0.39 is 0 Å². The van der Waals surface area contributed by atoms with Crippen LogP contribution in [0.5, 0.6) is 0 Å². The molecule has 3 aromatic carbocycles. The molecule has 1 aliphatic carbocycles. The van der Waals surface area contributed by atoms with Gasteiger partial charge in [0, 0.05) is 5.41 Å². The fourth-order valence-corrected chi connectivity index (χ4v) is 3.82. The molecule has 0 nitrogen and oxygen atoms in total. The van der Waals surface area contributed by atoms with Crippen molar-refractivity contribution in [2.75, 3.05) is 0 Å². The molecule has 0 N–H and O–H groups in total. The summed E-state index contributed by atoms with van der Waals surface area (Å²) in [7, 11) is 0. The third-order valence-corrected chi connectivity index (χ3v) is 4.78. The number of hydrogen-bond donors (Lipinski definition) is 0. The molecular weight excluding hydrogens is 252 g/mol. The number of rotatable bonds is 2. The van der Waals surface area contributed by atoms with E-state index in [2.05, 4.69) is 84.9 Å². The topological polar surface area (TPSA) is 0 Å². The van der Waals surface area contributed by atoms with Crippen LogP contribution in [0.15, 0.2) is 84.9 Å². The minimum absolute atomic E-state index is 0.0130. The van der Waals surface area contributed by atoms with Crippen molar-refractivity contribution in [3.63, 3.8) is 0 Å². The molecule has 3 aromatic rings. The molecule has 102 valence electrons. The smallest absolute Gasteiger partial charge is 0.0457 e. The van der Waals surface area contributed by atoms with Gasteiger partial charge in [0.2, 0.25) is 0 Å². The Morgan fingerprint density at radius 2 is 1.10 bits per heavy atom. The van der Waals surface area contributed by atoms with Crippen LogP contribution in [0.25, 0.3) is 0 Å². The molecule has 0 unspecified atom stereocenters. The van der Waals surface area contributed by atoms with E-state index in [1.54, 1.807) is 0 Å². The maximum Gasteiger partial charge on any atom is 0.0457 e. The van der Waals surface area contributed by atoms with Crippen molar-refractivity contribution in [2.24, 2.45) is 0 Å². The summed E-state index contributed by atoms with van der Waals surface area (Å²) < 4.78 is 0. The maximum atomic E-state index is 2.31. The Morgan fingerprint density at radius 3 is 1.71 bits per heavy atom. The summed E-state index contributed by atoms with van der Waals surface area (Å²) in [6.07, 6.45) is 2.31. The van der Waals surface area contributed by atoms with E-state index in [-0.39, 0.29) is 5.41 Å². The second-order valence-corrected chi connectivity index (χ2v) is 5.79. The molecule has 0 aromatic heterocycles. The van der Waals surface area contributed by atoms with Crippen LogP contribution >= 0.6 is 0 Å². The number of aryl methyl sites for hydroxylation is 1. The van der Waals surface area contributed by atoms with Crippen LogP contribution in [0.4, 0.5) is 0 Å². The van der Waals surface area contributed by atoms with E-state index in [0.29, 0.717) is 0 Å². The fourth-order valence-electron chi connectivity index (χ4n) is 3.82. The van der Waals surface area contributed by atoms with Crippen LogP contribution in [-0.4, -0.2) is 0 Å². The summed E-state index contributed by atoms with van der Waals surface area (Å²) in [6, 6.07) is 30.8. The minimum Gasteiger partial charge on any atom is -0.0622 e. The summed E-state index contributed by atoms with van der Waals surface area (Å²) in [5, 5.41) is 0. The van der Waals surface area contributed by atoms with Gasteiger partial charge in [-0.15, -0.1) is 0 Å². The molecule has 0 spiro atoms. The first kappa shape index (κ1) is 12.4. The molecule has 0 saturated carbocycles. The first-order valence-electron chi connectivity index (χ1n) is 7.61. The van der Waals surface area contributed by atoms with Gasteiger partial charge < -0.3 is 0 Å². The predicted molar refractivity (Wildman–Crippen MR) is 87.5 cm³/mol. The highest BCUT2D eigenvalue weighted by Gasteiger charge is 2.41. The SMILES string of the molecule is c1ccc(C2(c3ccccc3)CCc3ccccc32)cc1. The van der Waals surface area contributed by atoms with Crippen molar-refractivity contribution in [3.8, 4) is 0 Å². The Balaban J connectivity index is 2.02. The molecule has 21 heavy (non-hydrogen) atoms. The fraction of sp³-hybridized carbons (Fsp3) is 0.143. The lowest BCUT2D eigenvalue weighted by Gasteiger charge is -2.32. The number of fused-ring (bicyclic) bond motifs is 1. The van der Waals surface area contributed by atoms with Crippen molar-refractivity contribution < 1.29 is 0 Å². The highest BCUT2D eigenvalue weighted by atomic mass is 14.4. The Kier molecular flexibility index (Phi) is 2.89. The summed E-state index contributed by atoms with van der Waals surface area (Å²) in [4.78, 5) is 0. The molecular formula is C21H18. The van der Waals surface area contributed by atoms with Gasteiger partial charge in [-0.2, -0.15) is 0 Å². The van der Waals surface area contributed by atoms with Gasteiger partial charge in [0.25, 0.3) is 0 Å². The van der Waals surface area contributed by atoms with Gasteiger partial charge in [-0.05, 0) is 35.1 Å². The third-order valence-electron chi connectivity index (χ3n) is 4.78. The molecule has 0 saturated heterocycles. The summed E-state index contributed by atoms with van der Waals surface area (Å²) in [5.41, 5.74) is 5.79. The minimum atomic E-state index is 0.0130. The maximum absolute atomic E-state index is 2.31. The summed E-state index contributed by atoms with van der Waals surface area (Å²) in [6.45, 7) is 0. The molecule has 0 bridgehead atoms. The standard InChI is InChI=1S/C21H18/c1-3-10-18(11-4-1)21(19-12-5-2-6-13-19)16-15-17-9-7-8-14-20(17)21/h1-14H,15-16H2. The van der Waals surface area contributed by atoms with Crippen LogP contribution in [0.2, 0.25) is 0 Å². The average Bonchev–Trinajstić information content (AvgIpc) is 2.97. The molecule has 0 heteroatoms. The van der Waals surface area contributed by atoms with E-state index in [4.69, 9.17) is 0 Å². The molecule has 4 rings (SSSR count). The predicted octanol–water partition coefficient (Wildman–Crippen LogP) is 4.97. The van der Waals surface area contributed by atoms with E-state index in [1.165, 1.54) is 22.3 Å². The zero-order valence-electron chi connectivity index (χ0n) is 12.0. The lowest BCUT2D eigenvalue weighted by Crippen LogP contribution is -2.26. The van der Waals surface area contributed by atoms with Crippen LogP contribution in [-0.2, 0) is 11.8 Å².